The van der Waals surface area contributed by atoms with Crippen molar-refractivity contribution in [2.75, 3.05) is 28.4 Å². The van der Waals surface area contributed by atoms with E-state index in [1.807, 2.05) is 38.5 Å². The maximum absolute atomic E-state index is 8.30. The van der Waals surface area contributed by atoms with Crippen LogP contribution in [0.5, 0.6) is 0 Å². The minimum atomic E-state index is -2.61. The van der Waals surface area contributed by atoms with Crippen LogP contribution in [0.25, 0.3) is 0 Å². The van der Waals surface area contributed by atoms with Gasteiger partial charge >= 0.3 is 54.4 Å². The van der Waals surface area contributed by atoms with E-state index in [-0.39, 0.29) is 37.1 Å². The van der Waals surface area contributed by atoms with E-state index in [0.29, 0.717) is 0 Å². The van der Waals surface area contributed by atoms with E-state index in [4.69, 9.17) is 68.6 Å². The average molecular weight is 846 g/mol. The summed E-state index contributed by atoms with van der Waals surface area (Å²) in [5.41, 5.74) is 0. The van der Waals surface area contributed by atoms with Gasteiger partial charge in [0.15, 0.2) is 0 Å². The molecular weight excluding hydrogens is 773 g/mol. The zero-order valence-electron chi connectivity index (χ0n) is 25.9. The first-order chi connectivity index (χ1) is 19.0. The van der Waals surface area contributed by atoms with Crippen LogP contribution in [0, 0.1) is 0 Å². The van der Waals surface area contributed by atoms with E-state index < -0.39 is 102 Å². The van der Waals surface area contributed by atoms with Crippen LogP contribution in [-0.4, -0.2) is 188 Å². The fraction of sp³-hybridized carbons (Fsp3) is 1.00. The summed E-state index contributed by atoms with van der Waals surface area (Å²) in [7, 11) is -0.150. The van der Waals surface area contributed by atoms with E-state index in [9.17, 15) is 0 Å². The van der Waals surface area contributed by atoms with Crippen molar-refractivity contribution < 1.29 is 83.5 Å². The first-order valence-corrected chi connectivity index (χ1v) is 30.3. The smallest absolute Gasteiger partial charge is 0.655 e. The Kier molecular flexibility index (Phi) is 139. The Morgan fingerprint density at radius 2 is 0.978 bits per heavy atom. The maximum Gasteiger partial charge on any atom is 0.655 e. The van der Waals surface area contributed by atoms with Gasteiger partial charge < -0.3 is 62.4 Å². The topological polar surface area (TPSA) is 263 Å². The molecular formula is C16H73Al4O19Si6-3. The second kappa shape index (κ2) is 76.5. The summed E-state index contributed by atoms with van der Waals surface area (Å²) < 4.78 is 52.2. The molecule has 0 aliphatic carbocycles. The number of hydrogen-bond acceptors (Lipinski definition) is 19. The van der Waals surface area contributed by atoms with Gasteiger partial charge in [-0.05, 0) is 26.8 Å². The van der Waals surface area contributed by atoms with Crippen molar-refractivity contribution >= 4 is 119 Å². The molecule has 0 aromatic carbocycles. The minimum absolute atomic E-state index is 0. The van der Waals surface area contributed by atoms with Crippen LogP contribution in [0.2, 0.25) is 44.3 Å². The molecule has 45 heavy (non-hydrogen) atoms. The largest absolute Gasteiger partial charge is 0.682 e. The molecule has 290 valence electrons. The van der Waals surface area contributed by atoms with Crippen LogP contribution in [0.1, 0.15) is 37.1 Å². The fourth-order valence-corrected chi connectivity index (χ4v) is 13.6. The lowest BCUT2D eigenvalue weighted by molar-refractivity contribution is -0.176. The Morgan fingerprint density at radius 3 is 1.11 bits per heavy atom. The lowest BCUT2D eigenvalue weighted by Crippen LogP contribution is -2.39. The molecule has 29 heteroatoms. The average Bonchev–Trinajstić information content (AvgIpc) is 3.00. The predicted molar refractivity (Wildman–Crippen MR) is 205 cm³/mol. The van der Waals surface area contributed by atoms with Gasteiger partial charge in [-0.3, -0.25) is 21.0 Å². The van der Waals surface area contributed by atoms with Crippen LogP contribution >= 0.6 is 0 Å². The highest BCUT2D eigenvalue weighted by molar-refractivity contribution is 6.71. The maximum atomic E-state index is 8.30. The summed E-state index contributed by atoms with van der Waals surface area (Å²) in [5, 5.41) is 40.1. The van der Waals surface area contributed by atoms with Gasteiger partial charge in [0, 0.05) is 21.3 Å². The van der Waals surface area contributed by atoms with E-state index in [1.165, 1.54) is 16.3 Å². The predicted octanol–water partition coefficient (Wildman–Crippen LogP) is -0.905. The molecule has 0 spiro atoms. The van der Waals surface area contributed by atoms with Crippen LogP contribution in [0.3, 0.4) is 0 Å². The molecule has 0 aliphatic heterocycles. The molecule has 0 saturated carbocycles. The van der Waals surface area contributed by atoms with Gasteiger partial charge in [0.1, 0.15) is 0 Å². The number of rotatable bonds is 16. The minimum Gasteiger partial charge on any atom is -0.682 e. The molecule has 2 radical (unpaired) electrons. The summed E-state index contributed by atoms with van der Waals surface area (Å²) in [6.07, 6.45) is 0. The van der Waals surface area contributed by atoms with Gasteiger partial charge in [-0.2, -0.15) is 5.79 Å². The number of hydrogen-bond donors (Lipinski definition) is 8. The Morgan fingerprint density at radius 1 is 0.689 bits per heavy atom. The van der Waals surface area contributed by atoms with Gasteiger partial charge in [0.05, 0.1) is 19.5 Å². The van der Waals surface area contributed by atoms with Crippen molar-refractivity contribution in [3.63, 3.8) is 0 Å². The SMILES string of the molecule is C.C.C.C.C.CO[Si](C)OC.C[O][Al-]([CH3])[O][Si](C)(C)OC.C[SiH2][O][AlH-]([O]O)[O][SiH2]O.C[SiH2][O][AlH-]([O]O)[O][SiH2]O.OO.OO.[CH3][AlH2]. The summed E-state index contributed by atoms with van der Waals surface area (Å²) in [6.45, 7) is 9.75. The molecule has 0 heterocycles. The first-order valence-electron chi connectivity index (χ1n) is 11.7. The van der Waals surface area contributed by atoms with Gasteiger partial charge in [-0.15, -0.1) is 5.79 Å². The van der Waals surface area contributed by atoms with Crippen LogP contribution in [0.4, 0.5) is 0 Å². The van der Waals surface area contributed by atoms with Gasteiger partial charge in [0.2, 0.25) is 36.3 Å². The second-order valence-electron chi connectivity index (χ2n) is 6.04. The zero-order valence-corrected chi connectivity index (χ0v) is 39.5. The van der Waals surface area contributed by atoms with Gasteiger partial charge in [-0.25, -0.2) is 0 Å². The van der Waals surface area contributed by atoms with E-state index in [0.717, 1.165) is 0 Å². The molecule has 0 aromatic heterocycles. The summed E-state index contributed by atoms with van der Waals surface area (Å²) >= 11 is -5.30. The van der Waals surface area contributed by atoms with E-state index in [2.05, 4.69) is 20.6 Å². The third-order valence-electron chi connectivity index (χ3n) is 3.32. The molecule has 0 aliphatic rings. The lowest BCUT2D eigenvalue weighted by Gasteiger charge is -2.33. The summed E-state index contributed by atoms with van der Waals surface area (Å²) in [5.74, 6) is 4.13. The molecule has 0 fully saturated rings. The van der Waals surface area contributed by atoms with Crippen LogP contribution < -0.4 is 0 Å². The summed E-state index contributed by atoms with van der Waals surface area (Å²) in [6, 6.07) is 0. The third-order valence-corrected chi connectivity index (χ3v) is 20.2. The standard InChI is InChI=1S/2C3H9O2Si.2CH5OSi.CH3O.5CH4.2CH3.4Al.2H3O2Si.4H2O2.4H/c1-5-6(2,3)4;1-4-6(3)5-2;2*1-3-2;1-2;;;;;;;;;;;;2*1-3-2;4*1-2;;;;/h2*1-3H3;2*3H2,1H3;1H3;5*1H4;2*1H3;;;;;2*1H,3H2;4*1-2H;;;;/q-1;;3*-1;;;;;;;;;+1;2*+2;2*-1;;;;;;;;/p-2. The highest BCUT2D eigenvalue weighted by Gasteiger charge is 2.19. The van der Waals surface area contributed by atoms with Gasteiger partial charge in [-0.1, -0.05) is 50.2 Å². The molecule has 0 bridgehead atoms. The Balaban J connectivity index is -0.0000000297. The third kappa shape index (κ3) is 87.3. The van der Waals surface area contributed by atoms with Crippen LogP contribution in [0.15, 0.2) is 0 Å². The van der Waals surface area contributed by atoms with Crippen molar-refractivity contribution in [1.82, 2.24) is 0 Å². The molecule has 0 saturated heterocycles. The fourth-order valence-electron chi connectivity index (χ4n) is 1.33. The molecule has 19 nitrogen and oxygen atoms in total. The van der Waals surface area contributed by atoms with Crippen LogP contribution in [-0.2, 0) is 42.3 Å². The quantitative estimate of drug-likeness (QED) is 0.0531. The van der Waals surface area contributed by atoms with Crippen molar-refractivity contribution in [1.29, 1.82) is 0 Å². The Hall–Kier alpha value is 2.67. The Labute approximate surface area is 310 Å². The summed E-state index contributed by atoms with van der Waals surface area (Å²) in [4.78, 5) is 16.6. The molecule has 0 rings (SSSR count). The van der Waals surface area contributed by atoms with E-state index >= 15 is 0 Å². The van der Waals surface area contributed by atoms with Crippen molar-refractivity contribution in [3.05, 3.63) is 0 Å². The molecule has 0 amide bonds. The van der Waals surface area contributed by atoms with Gasteiger partial charge in [0.25, 0.3) is 8.56 Å². The van der Waals surface area contributed by atoms with E-state index in [1.54, 1.807) is 28.4 Å². The molecule has 2 atom stereocenters. The molecule has 2 unspecified atom stereocenters. The second-order valence-corrected chi connectivity index (χ2v) is 23.7. The molecule has 0 aromatic rings. The van der Waals surface area contributed by atoms with Crippen molar-refractivity contribution in [3.8, 4) is 0 Å². The lowest BCUT2D eigenvalue weighted by atomic mass is 11.8. The van der Waals surface area contributed by atoms with Crippen molar-refractivity contribution in [2.45, 2.75) is 81.4 Å². The zero-order chi connectivity index (χ0) is 33.4. The molecule has 8 N–H and O–H groups in total. The monoisotopic (exact) mass is 845 g/mol. The Bertz CT molecular complexity index is 376. The normalized spacial score (nSPS) is 11.0. The highest BCUT2D eigenvalue weighted by atomic mass is 28.4. The first kappa shape index (κ1) is 81.6. The highest BCUT2D eigenvalue weighted by Crippen LogP contribution is 2.06. The van der Waals surface area contributed by atoms with Crippen molar-refractivity contribution in [2.24, 2.45) is 0 Å².